The first-order valence-electron chi connectivity index (χ1n) is 10.7. The lowest BCUT2D eigenvalue weighted by atomic mass is 10.2. The maximum absolute atomic E-state index is 14.5. The maximum atomic E-state index is 14.5. The van der Waals surface area contributed by atoms with Crippen LogP contribution in [0.4, 0.5) is 4.39 Å². The van der Waals surface area contributed by atoms with Crippen LogP contribution >= 0.6 is 11.8 Å². The zero-order valence-corrected chi connectivity index (χ0v) is 18.9. The molecule has 1 atom stereocenters. The molecule has 1 N–H and O–H groups in total. The van der Waals surface area contributed by atoms with Crippen molar-refractivity contribution in [2.45, 2.75) is 11.3 Å². The van der Waals surface area contributed by atoms with Gasteiger partial charge in [0, 0.05) is 5.69 Å². The lowest BCUT2D eigenvalue weighted by molar-refractivity contribution is -0.119. The average Bonchev–Trinajstić information content (AvgIpc) is 3.30. The monoisotopic (exact) mass is 476 g/mol. The summed E-state index contributed by atoms with van der Waals surface area (Å²) in [4.78, 5) is 12.5. The standard InChI is InChI=1S/C25H21FN4O3S/c26-20-11-5-4-10-19(20)24-28-29-25(30(24)17-8-2-1-3-9-17)34-16-23(31)27-14-18-15-32-21-12-6-7-13-22(21)33-18/h1-13,18H,14-16H2,(H,27,31). The van der Waals surface area contributed by atoms with E-state index in [2.05, 4.69) is 15.5 Å². The minimum absolute atomic E-state index is 0.117. The molecular formula is C25H21FN4O3S. The number of halogens is 1. The van der Waals surface area contributed by atoms with Crippen LogP contribution in [0, 0.1) is 5.82 Å². The van der Waals surface area contributed by atoms with E-state index in [4.69, 9.17) is 9.47 Å². The topological polar surface area (TPSA) is 78.3 Å². The molecule has 0 fully saturated rings. The van der Waals surface area contributed by atoms with Crippen molar-refractivity contribution in [1.82, 2.24) is 20.1 Å². The summed E-state index contributed by atoms with van der Waals surface area (Å²) in [6.07, 6.45) is -0.274. The van der Waals surface area contributed by atoms with Crippen LogP contribution < -0.4 is 14.8 Å². The molecule has 0 aliphatic carbocycles. The molecule has 9 heteroatoms. The van der Waals surface area contributed by atoms with Crippen LogP contribution in [0.25, 0.3) is 17.1 Å². The van der Waals surface area contributed by atoms with Crippen molar-refractivity contribution in [2.75, 3.05) is 18.9 Å². The van der Waals surface area contributed by atoms with Crippen molar-refractivity contribution >= 4 is 17.7 Å². The second kappa shape index (κ2) is 9.96. The number of rotatable bonds is 7. The van der Waals surface area contributed by atoms with Gasteiger partial charge in [-0.3, -0.25) is 9.36 Å². The SMILES string of the molecule is O=C(CSc1nnc(-c2ccccc2F)n1-c1ccccc1)NCC1COc2ccccc2O1. The number of ether oxygens (including phenoxy) is 2. The summed E-state index contributed by atoms with van der Waals surface area (Å²) >= 11 is 1.23. The Labute approximate surface area is 199 Å². The van der Waals surface area contributed by atoms with Crippen molar-refractivity contribution in [3.63, 3.8) is 0 Å². The highest BCUT2D eigenvalue weighted by atomic mass is 32.2. The van der Waals surface area contributed by atoms with Gasteiger partial charge in [-0.2, -0.15) is 0 Å². The van der Waals surface area contributed by atoms with Crippen molar-refractivity contribution in [1.29, 1.82) is 0 Å². The van der Waals surface area contributed by atoms with E-state index in [9.17, 15) is 9.18 Å². The Morgan fingerprint density at radius 3 is 2.56 bits per heavy atom. The van der Waals surface area contributed by atoms with Gasteiger partial charge in [-0.05, 0) is 36.4 Å². The number of hydrogen-bond acceptors (Lipinski definition) is 6. The lowest BCUT2D eigenvalue weighted by Gasteiger charge is -2.26. The largest absolute Gasteiger partial charge is 0.486 e. The van der Waals surface area contributed by atoms with Crippen molar-refractivity contribution in [3.05, 3.63) is 84.7 Å². The Hall–Kier alpha value is -3.85. The number of carbonyl (C=O) groups excluding carboxylic acids is 1. The minimum atomic E-state index is -0.391. The van der Waals surface area contributed by atoms with E-state index < -0.39 is 5.82 Å². The third kappa shape index (κ3) is 4.74. The molecular weight excluding hydrogens is 455 g/mol. The summed E-state index contributed by atoms with van der Waals surface area (Å²) in [6.45, 7) is 0.679. The summed E-state index contributed by atoms with van der Waals surface area (Å²) in [7, 11) is 0. The van der Waals surface area contributed by atoms with E-state index in [-0.39, 0.29) is 17.8 Å². The fourth-order valence-electron chi connectivity index (χ4n) is 3.56. The number of nitrogens with one attached hydrogen (secondary N) is 1. The first-order chi connectivity index (χ1) is 16.7. The number of para-hydroxylation sites is 3. The fourth-order valence-corrected chi connectivity index (χ4v) is 4.34. The van der Waals surface area contributed by atoms with Gasteiger partial charge < -0.3 is 14.8 Å². The van der Waals surface area contributed by atoms with Crippen LogP contribution in [-0.4, -0.2) is 45.7 Å². The highest BCUT2D eigenvalue weighted by molar-refractivity contribution is 7.99. The van der Waals surface area contributed by atoms with Gasteiger partial charge in [0.05, 0.1) is 17.9 Å². The smallest absolute Gasteiger partial charge is 0.230 e. The summed E-state index contributed by atoms with van der Waals surface area (Å²) < 4.78 is 27.8. The highest BCUT2D eigenvalue weighted by Gasteiger charge is 2.22. The second-order valence-electron chi connectivity index (χ2n) is 7.55. The van der Waals surface area contributed by atoms with E-state index in [0.29, 0.717) is 41.2 Å². The first-order valence-corrected chi connectivity index (χ1v) is 11.7. The van der Waals surface area contributed by atoms with Crippen LogP contribution in [0.2, 0.25) is 0 Å². The Balaban J connectivity index is 1.27. The predicted molar refractivity (Wildman–Crippen MR) is 127 cm³/mol. The second-order valence-corrected chi connectivity index (χ2v) is 8.49. The molecule has 0 radical (unpaired) electrons. The number of aromatic nitrogens is 3. The van der Waals surface area contributed by atoms with E-state index in [1.165, 1.54) is 17.8 Å². The van der Waals surface area contributed by atoms with Gasteiger partial charge in [-0.1, -0.05) is 54.2 Å². The molecule has 0 spiro atoms. The lowest BCUT2D eigenvalue weighted by Crippen LogP contribution is -2.41. The minimum Gasteiger partial charge on any atom is -0.486 e. The number of benzene rings is 3. The third-order valence-corrected chi connectivity index (χ3v) is 6.12. The summed E-state index contributed by atoms with van der Waals surface area (Å²) in [5.74, 6) is 1.29. The van der Waals surface area contributed by atoms with Gasteiger partial charge in [0.2, 0.25) is 5.91 Å². The summed E-state index contributed by atoms with van der Waals surface area (Å²) in [6, 6.07) is 23.3. The van der Waals surface area contributed by atoms with E-state index >= 15 is 0 Å². The summed E-state index contributed by atoms with van der Waals surface area (Å²) in [5.41, 5.74) is 1.12. The Kier molecular flexibility index (Phi) is 6.44. The van der Waals surface area contributed by atoms with E-state index in [0.717, 1.165) is 5.69 Å². The number of carbonyl (C=O) groups is 1. The van der Waals surface area contributed by atoms with Gasteiger partial charge >= 0.3 is 0 Å². The number of amides is 1. The van der Waals surface area contributed by atoms with Gasteiger partial charge in [0.15, 0.2) is 22.5 Å². The molecule has 1 aromatic heterocycles. The Morgan fingerprint density at radius 2 is 1.74 bits per heavy atom. The molecule has 0 saturated carbocycles. The Morgan fingerprint density at radius 1 is 1.00 bits per heavy atom. The van der Waals surface area contributed by atoms with Crippen molar-refractivity contribution < 1.29 is 18.7 Å². The van der Waals surface area contributed by atoms with Crippen LogP contribution in [0.1, 0.15) is 0 Å². The van der Waals surface area contributed by atoms with Crippen LogP contribution in [0.5, 0.6) is 11.5 Å². The number of hydrogen-bond donors (Lipinski definition) is 1. The summed E-state index contributed by atoms with van der Waals surface area (Å²) in [5, 5.41) is 11.8. The normalized spacial score (nSPS) is 14.6. The molecule has 4 aromatic rings. The van der Waals surface area contributed by atoms with Gasteiger partial charge in [-0.25, -0.2) is 4.39 Å². The molecule has 3 aromatic carbocycles. The first kappa shape index (κ1) is 22.0. The fraction of sp³-hybridized carbons (Fsp3) is 0.160. The molecule has 2 heterocycles. The third-order valence-electron chi connectivity index (χ3n) is 5.19. The van der Waals surface area contributed by atoms with Crippen LogP contribution in [0.15, 0.2) is 84.0 Å². The van der Waals surface area contributed by atoms with E-state index in [1.54, 1.807) is 22.8 Å². The molecule has 7 nitrogen and oxygen atoms in total. The van der Waals surface area contributed by atoms with Crippen LogP contribution in [0.3, 0.4) is 0 Å². The highest BCUT2D eigenvalue weighted by Crippen LogP contribution is 2.31. The van der Waals surface area contributed by atoms with Crippen molar-refractivity contribution in [2.24, 2.45) is 0 Å². The molecule has 34 heavy (non-hydrogen) atoms. The number of fused-ring (bicyclic) bond motifs is 1. The number of nitrogens with zero attached hydrogens (tertiary/aromatic N) is 3. The Bertz CT molecular complexity index is 1300. The predicted octanol–water partition coefficient (Wildman–Crippen LogP) is 4.12. The molecule has 1 amide bonds. The van der Waals surface area contributed by atoms with E-state index in [1.807, 2.05) is 54.6 Å². The van der Waals surface area contributed by atoms with Crippen LogP contribution in [-0.2, 0) is 4.79 Å². The zero-order valence-electron chi connectivity index (χ0n) is 18.1. The molecule has 1 aliphatic heterocycles. The molecule has 1 unspecified atom stereocenters. The zero-order chi connectivity index (χ0) is 23.3. The quantitative estimate of drug-likeness (QED) is 0.405. The maximum Gasteiger partial charge on any atom is 0.230 e. The molecule has 0 bridgehead atoms. The van der Waals surface area contributed by atoms with Gasteiger partial charge in [0.25, 0.3) is 0 Å². The number of thioether (sulfide) groups is 1. The molecule has 5 rings (SSSR count). The molecule has 0 saturated heterocycles. The van der Waals surface area contributed by atoms with Gasteiger partial charge in [0.1, 0.15) is 18.5 Å². The molecule has 1 aliphatic rings. The van der Waals surface area contributed by atoms with Crippen molar-refractivity contribution in [3.8, 4) is 28.6 Å². The average molecular weight is 477 g/mol. The molecule has 172 valence electrons. The van der Waals surface area contributed by atoms with Gasteiger partial charge in [-0.15, -0.1) is 10.2 Å².